The van der Waals surface area contributed by atoms with Gasteiger partial charge in [0.25, 0.3) is 0 Å². The summed E-state index contributed by atoms with van der Waals surface area (Å²) in [6.07, 6.45) is 0. The van der Waals surface area contributed by atoms with Gasteiger partial charge in [-0.1, -0.05) is 152 Å². The van der Waals surface area contributed by atoms with Gasteiger partial charge >= 0.3 is 7.44 Å². The molecule has 1 aliphatic heterocycles. The van der Waals surface area contributed by atoms with Gasteiger partial charge in [-0.3, -0.25) is 13.9 Å². The van der Waals surface area contributed by atoms with Crippen molar-refractivity contribution in [2.45, 2.75) is 0 Å². The van der Waals surface area contributed by atoms with Crippen LogP contribution in [0.1, 0.15) is 0 Å². The maximum absolute atomic E-state index is 16.8. The Bertz CT molecular complexity index is 2270. The Hall–Kier alpha value is -6.41. The van der Waals surface area contributed by atoms with Crippen molar-refractivity contribution < 1.29 is 4.57 Å². The fourth-order valence-corrected chi connectivity index (χ4v) is 10.3. The van der Waals surface area contributed by atoms with E-state index >= 15 is 4.57 Å². The molecule has 0 radical (unpaired) electrons. The van der Waals surface area contributed by atoms with Crippen molar-refractivity contribution in [2.24, 2.45) is 0 Å². The molecule has 0 amide bonds. The Balaban J connectivity index is 1.33. The first kappa shape index (κ1) is 31.6. The summed E-state index contributed by atoms with van der Waals surface area (Å²) < 4.78 is 21.0. The van der Waals surface area contributed by atoms with Gasteiger partial charge in [0.2, 0.25) is 0 Å². The monoisotopic (exact) mass is 686 g/mol. The lowest BCUT2D eigenvalue weighted by Gasteiger charge is -2.34. The van der Waals surface area contributed by atoms with E-state index in [4.69, 9.17) is 0 Å². The lowest BCUT2D eigenvalue weighted by atomic mass is 9.97. The highest BCUT2D eigenvalue weighted by Crippen LogP contribution is 2.70. The topological polar surface area (TPSA) is 23.6 Å². The molecule has 1 heterocycles. The standard InChI is InChI=1S/C48H35N2OP/c51-52(46-26-14-5-15-27-46)49(44-32-40(36-18-6-1-7-19-36)30-41(33-44)37-20-8-2-9-21-37)47-28-16-17-29-48(47)50(52)45-34-42(38-22-10-3-11-23-38)31-43(35-45)39-24-12-4-13-25-39/h1-35H. The summed E-state index contributed by atoms with van der Waals surface area (Å²) in [7, 11) is -3.65. The van der Waals surface area contributed by atoms with Crippen LogP contribution >= 0.6 is 7.44 Å². The normalized spacial score (nSPS) is 13.2. The third kappa shape index (κ3) is 5.62. The van der Waals surface area contributed by atoms with Crippen LogP contribution in [-0.2, 0) is 4.57 Å². The molecule has 0 spiro atoms. The van der Waals surface area contributed by atoms with Gasteiger partial charge in [-0.25, -0.2) is 0 Å². The minimum Gasteiger partial charge on any atom is -0.270 e. The largest absolute Gasteiger partial charge is 0.301 e. The Morgan fingerprint density at radius 1 is 0.288 bits per heavy atom. The molecule has 9 rings (SSSR count). The Morgan fingerprint density at radius 3 is 0.865 bits per heavy atom. The van der Waals surface area contributed by atoms with E-state index in [2.05, 4.69) is 155 Å². The second kappa shape index (κ2) is 13.4. The molecule has 0 atom stereocenters. The summed E-state index contributed by atoms with van der Waals surface area (Å²) in [6, 6.07) is 73.2. The predicted molar refractivity (Wildman–Crippen MR) is 219 cm³/mol. The van der Waals surface area contributed by atoms with Crippen molar-refractivity contribution in [3.63, 3.8) is 0 Å². The van der Waals surface area contributed by atoms with Gasteiger partial charge in [0, 0.05) is 0 Å². The molecule has 0 saturated heterocycles. The van der Waals surface area contributed by atoms with E-state index in [0.29, 0.717) is 0 Å². The quantitative estimate of drug-likeness (QED) is 0.156. The maximum Gasteiger partial charge on any atom is 0.301 e. The van der Waals surface area contributed by atoms with E-state index in [9.17, 15) is 0 Å². The fourth-order valence-electron chi connectivity index (χ4n) is 7.30. The van der Waals surface area contributed by atoms with Crippen LogP contribution in [0.25, 0.3) is 44.5 Å². The van der Waals surface area contributed by atoms with Gasteiger partial charge in [0.15, 0.2) is 0 Å². The molecule has 4 heteroatoms. The summed E-state index contributed by atoms with van der Waals surface area (Å²) in [5.41, 5.74) is 12.2. The minimum atomic E-state index is -3.65. The average Bonchev–Trinajstić information content (AvgIpc) is 3.51. The number of fused-ring (bicyclic) bond motifs is 1. The van der Waals surface area contributed by atoms with Crippen molar-refractivity contribution in [1.82, 2.24) is 0 Å². The lowest BCUT2D eigenvalue weighted by Crippen LogP contribution is -2.26. The zero-order valence-electron chi connectivity index (χ0n) is 28.5. The number of nitrogens with zero attached hydrogens (tertiary/aromatic N) is 2. The van der Waals surface area contributed by atoms with Gasteiger partial charge in [0.1, 0.15) is 0 Å². The zero-order chi connectivity index (χ0) is 34.9. The number of anilines is 4. The Morgan fingerprint density at radius 2 is 0.558 bits per heavy atom. The third-order valence-electron chi connectivity index (χ3n) is 9.73. The highest BCUT2D eigenvalue weighted by Gasteiger charge is 2.49. The van der Waals surface area contributed by atoms with Crippen molar-refractivity contribution in [2.75, 3.05) is 9.34 Å². The second-order valence-corrected chi connectivity index (χ2v) is 15.4. The summed E-state index contributed by atoms with van der Waals surface area (Å²) in [6.45, 7) is 0. The molecular formula is C48H35N2OP. The minimum absolute atomic E-state index is 0.754. The van der Waals surface area contributed by atoms with E-state index in [1.165, 1.54) is 0 Å². The average molecular weight is 687 g/mol. The molecule has 0 fully saturated rings. The van der Waals surface area contributed by atoms with Crippen molar-refractivity contribution in [3.8, 4) is 44.5 Å². The first-order valence-corrected chi connectivity index (χ1v) is 19.2. The molecule has 0 aliphatic carbocycles. The number of hydrogen-bond acceptors (Lipinski definition) is 1. The van der Waals surface area contributed by atoms with E-state index in [1.54, 1.807) is 0 Å². The van der Waals surface area contributed by atoms with Crippen LogP contribution in [0.4, 0.5) is 22.7 Å². The summed E-state index contributed by atoms with van der Waals surface area (Å²) in [4.78, 5) is 0. The molecule has 8 aromatic carbocycles. The van der Waals surface area contributed by atoms with Crippen molar-refractivity contribution in [3.05, 3.63) is 212 Å². The zero-order valence-corrected chi connectivity index (χ0v) is 29.4. The molecule has 0 bridgehead atoms. The smallest absolute Gasteiger partial charge is 0.270 e. The first-order chi connectivity index (χ1) is 25.7. The molecule has 52 heavy (non-hydrogen) atoms. The molecule has 0 N–H and O–H groups in total. The highest BCUT2D eigenvalue weighted by atomic mass is 31.2. The number of hydrogen-bond donors (Lipinski definition) is 0. The van der Waals surface area contributed by atoms with Gasteiger partial charge in [-0.2, -0.15) is 0 Å². The van der Waals surface area contributed by atoms with Gasteiger partial charge in [-0.15, -0.1) is 0 Å². The van der Waals surface area contributed by atoms with E-state index in [-0.39, 0.29) is 0 Å². The molecule has 1 aliphatic rings. The fraction of sp³-hybridized carbons (Fsp3) is 0. The molecule has 3 nitrogen and oxygen atoms in total. The Kier molecular flexibility index (Phi) is 8.12. The highest BCUT2D eigenvalue weighted by molar-refractivity contribution is 7.76. The van der Waals surface area contributed by atoms with E-state index in [1.807, 2.05) is 66.7 Å². The van der Waals surface area contributed by atoms with Crippen molar-refractivity contribution >= 4 is 35.5 Å². The molecule has 8 aromatic rings. The summed E-state index contributed by atoms with van der Waals surface area (Å²) in [5, 5.41) is 0.754. The van der Waals surface area contributed by atoms with Crippen LogP contribution in [0, 0.1) is 0 Å². The van der Waals surface area contributed by atoms with E-state index < -0.39 is 7.44 Å². The summed E-state index contributed by atoms with van der Waals surface area (Å²) in [5.74, 6) is 0. The molecule has 0 aromatic heterocycles. The number of para-hydroxylation sites is 2. The van der Waals surface area contributed by atoms with Gasteiger partial charge in [-0.05, 0) is 105 Å². The molecule has 0 unspecified atom stereocenters. The van der Waals surface area contributed by atoms with Crippen LogP contribution in [0.3, 0.4) is 0 Å². The lowest BCUT2D eigenvalue weighted by molar-refractivity contribution is 0.582. The van der Waals surface area contributed by atoms with Crippen LogP contribution < -0.4 is 14.6 Å². The van der Waals surface area contributed by atoms with Gasteiger partial charge < -0.3 is 0 Å². The molecule has 248 valence electrons. The number of rotatable bonds is 7. The Labute approximate surface area is 305 Å². The van der Waals surface area contributed by atoms with E-state index in [0.717, 1.165) is 72.6 Å². The first-order valence-electron chi connectivity index (χ1n) is 17.5. The maximum atomic E-state index is 16.8. The predicted octanol–water partition coefficient (Wildman–Crippen LogP) is 13.2. The van der Waals surface area contributed by atoms with Crippen LogP contribution in [-0.4, -0.2) is 0 Å². The molecule has 0 saturated carbocycles. The van der Waals surface area contributed by atoms with Crippen LogP contribution in [0.5, 0.6) is 0 Å². The third-order valence-corrected chi connectivity index (χ3v) is 12.7. The SMILES string of the molecule is O=P1(c2ccccc2)N(c2cc(-c3ccccc3)cc(-c3ccccc3)c2)c2ccccc2N1c1cc(-c2ccccc2)cc(-c2ccccc2)c1. The number of benzene rings is 8. The summed E-state index contributed by atoms with van der Waals surface area (Å²) >= 11 is 0. The second-order valence-electron chi connectivity index (χ2n) is 13.0. The molecular weight excluding hydrogens is 652 g/mol. The van der Waals surface area contributed by atoms with Crippen molar-refractivity contribution in [1.29, 1.82) is 0 Å². The van der Waals surface area contributed by atoms with Crippen LogP contribution in [0.15, 0.2) is 212 Å². The van der Waals surface area contributed by atoms with Gasteiger partial charge in [0.05, 0.1) is 28.1 Å². The van der Waals surface area contributed by atoms with Crippen LogP contribution in [0.2, 0.25) is 0 Å².